The standard InChI is InChI=1S/C18H17N3O4S/c1-9-16(19-18-21(9)12(8-26-18)7-15(22)23)11-4-5-14-13(6-11)20(3)17(24)10(2)25-14/h4-6,8,10H,7H2,1-3H3,(H,22,23). The van der Waals surface area contributed by atoms with Gasteiger partial charge < -0.3 is 14.7 Å². The van der Waals surface area contributed by atoms with Crippen molar-refractivity contribution in [1.82, 2.24) is 9.38 Å². The van der Waals surface area contributed by atoms with Crippen LogP contribution in [0.5, 0.6) is 5.75 Å². The molecule has 0 saturated carbocycles. The van der Waals surface area contributed by atoms with E-state index in [0.717, 1.165) is 21.9 Å². The number of ether oxygens (including phenoxy) is 1. The minimum Gasteiger partial charge on any atom is -0.481 e. The van der Waals surface area contributed by atoms with Crippen LogP contribution in [0.4, 0.5) is 5.69 Å². The third kappa shape index (κ3) is 2.45. The number of benzene rings is 1. The van der Waals surface area contributed by atoms with Crippen molar-refractivity contribution in [3.05, 3.63) is 35.0 Å². The summed E-state index contributed by atoms with van der Waals surface area (Å²) < 4.78 is 7.54. The summed E-state index contributed by atoms with van der Waals surface area (Å²) in [4.78, 5) is 30.3. The fourth-order valence-electron chi connectivity index (χ4n) is 3.27. The summed E-state index contributed by atoms with van der Waals surface area (Å²) in [6.07, 6.45) is -0.555. The molecule has 0 radical (unpaired) electrons. The van der Waals surface area contributed by atoms with Gasteiger partial charge in [-0.2, -0.15) is 0 Å². The van der Waals surface area contributed by atoms with Gasteiger partial charge in [0.05, 0.1) is 17.8 Å². The minimum atomic E-state index is -0.875. The van der Waals surface area contributed by atoms with Crippen LogP contribution in [0, 0.1) is 6.92 Å². The molecule has 2 aromatic heterocycles. The first kappa shape index (κ1) is 16.6. The topological polar surface area (TPSA) is 84.1 Å². The third-order valence-corrected chi connectivity index (χ3v) is 5.45. The number of aromatic nitrogens is 2. The number of amides is 1. The van der Waals surface area contributed by atoms with Crippen LogP contribution in [0.25, 0.3) is 16.2 Å². The first-order chi connectivity index (χ1) is 12.4. The van der Waals surface area contributed by atoms with E-state index < -0.39 is 12.1 Å². The van der Waals surface area contributed by atoms with Crippen LogP contribution in [-0.4, -0.2) is 39.5 Å². The SMILES string of the molecule is Cc1c(-c2ccc3c(c2)N(C)C(=O)C(C)O3)nc2scc(CC(=O)O)n12. The Labute approximate surface area is 153 Å². The zero-order valence-electron chi connectivity index (χ0n) is 14.5. The molecular formula is C18H17N3O4S. The van der Waals surface area contributed by atoms with Crippen LogP contribution < -0.4 is 9.64 Å². The molecule has 3 heterocycles. The van der Waals surface area contributed by atoms with Crippen LogP contribution in [0.3, 0.4) is 0 Å². The van der Waals surface area contributed by atoms with E-state index in [1.807, 2.05) is 34.9 Å². The van der Waals surface area contributed by atoms with Gasteiger partial charge in [-0.15, -0.1) is 11.3 Å². The van der Waals surface area contributed by atoms with Gasteiger partial charge in [0.2, 0.25) is 0 Å². The van der Waals surface area contributed by atoms with Gasteiger partial charge in [0, 0.05) is 29.4 Å². The van der Waals surface area contributed by atoms with Gasteiger partial charge in [-0.3, -0.25) is 14.0 Å². The van der Waals surface area contributed by atoms with Crippen LogP contribution >= 0.6 is 11.3 Å². The van der Waals surface area contributed by atoms with Crippen LogP contribution in [-0.2, 0) is 16.0 Å². The molecule has 0 bridgehead atoms. The number of carboxylic acids is 1. The van der Waals surface area contributed by atoms with Crippen molar-refractivity contribution in [3.63, 3.8) is 0 Å². The third-order valence-electron chi connectivity index (χ3n) is 4.57. The Morgan fingerprint density at radius 1 is 1.42 bits per heavy atom. The maximum Gasteiger partial charge on any atom is 0.309 e. The summed E-state index contributed by atoms with van der Waals surface area (Å²) >= 11 is 1.41. The number of likely N-dealkylation sites (N-methyl/N-ethyl adjacent to an activating group) is 1. The Balaban J connectivity index is 1.82. The van der Waals surface area contributed by atoms with Gasteiger partial charge in [0.15, 0.2) is 11.1 Å². The number of hydrogen-bond acceptors (Lipinski definition) is 5. The van der Waals surface area contributed by atoms with Crippen molar-refractivity contribution in [2.45, 2.75) is 26.4 Å². The Morgan fingerprint density at radius 2 is 2.19 bits per heavy atom. The van der Waals surface area contributed by atoms with Crippen LogP contribution in [0.15, 0.2) is 23.6 Å². The molecule has 3 aromatic rings. The molecule has 1 aromatic carbocycles. The lowest BCUT2D eigenvalue weighted by Gasteiger charge is -2.30. The average molecular weight is 371 g/mol. The van der Waals surface area contributed by atoms with Crippen LogP contribution in [0.1, 0.15) is 18.3 Å². The second kappa shape index (κ2) is 5.84. The second-order valence-corrected chi connectivity index (χ2v) is 7.14. The molecule has 1 N–H and O–H groups in total. The highest BCUT2D eigenvalue weighted by Gasteiger charge is 2.29. The fourth-order valence-corrected chi connectivity index (χ4v) is 4.21. The molecule has 1 aliphatic heterocycles. The summed E-state index contributed by atoms with van der Waals surface area (Å²) in [7, 11) is 1.73. The van der Waals surface area contributed by atoms with Gasteiger partial charge in [0.1, 0.15) is 5.75 Å². The van der Waals surface area contributed by atoms with E-state index in [-0.39, 0.29) is 12.3 Å². The molecule has 0 spiro atoms. The lowest BCUT2D eigenvalue weighted by molar-refractivity contribution is -0.136. The van der Waals surface area contributed by atoms with Crippen molar-refractivity contribution in [2.24, 2.45) is 0 Å². The molecule has 0 fully saturated rings. The van der Waals surface area contributed by atoms with Crippen molar-refractivity contribution < 1.29 is 19.4 Å². The number of anilines is 1. The highest BCUT2D eigenvalue weighted by molar-refractivity contribution is 7.15. The first-order valence-electron chi connectivity index (χ1n) is 8.12. The number of fused-ring (bicyclic) bond motifs is 2. The normalized spacial score (nSPS) is 16.7. The monoisotopic (exact) mass is 371 g/mol. The number of carboxylic acid groups (broad SMARTS) is 1. The molecule has 1 atom stereocenters. The molecule has 7 nitrogen and oxygen atoms in total. The number of hydrogen-bond donors (Lipinski definition) is 1. The van der Waals surface area contributed by atoms with Crippen LogP contribution in [0.2, 0.25) is 0 Å². The highest BCUT2D eigenvalue weighted by atomic mass is 32.1. The van der Waals surface area contributed by atoms with E-state index in [1.165, 1.54) is 11.3 Å². The number of aliphatic carboxylic acids is 1. The summed E-state index contributed by atoms with van der Waals surface area (Å²) in [6, 6.07) is 5.63. The van der Waals surface area contributed by atoms with E-state index in [0.29, 0.717) is 17.1 Å². The highest BCUT2D eigenvalue weighted by Crippen LogP contribution is 2.38. The summed E-state index contributed by atoms with van der Waals surface area (Å²) in [5.74, 6) is -0.311. The van der Waals surface area contributed by atoms with Crippen molar-refractivity contribution in [1.29, 1.82) is 0 Å². The first-order valence-corrected chi connectivity index (χ1v) is 9.00. The van der Waals surface area contributed by atoms with Crippen molar-refractivity contribution in [2.75, 3.05) is 11.9 Å². The van der Waals surface area contributed by atoms with Gasteiger partial charge >= 0.3 is 5.97 Å². The number of carbonyl (C=O) groups excluding carboxylic acids is 1. The predicted octanol–water partition coefficient (Wildman–Crippen LogP) is 2.74. The maximum absolute atomic E-state index is 12.2. The van der Waals surface area contributed by atoms with E-state index in [1.54, 1.807) is 18.9 Å². The van der Waals surface area contributed by atoms with Gasteiger partial charge in [-0.05, 0) is 32.0 Å². The van der Waals surface area contributed by atoms with Gasteiger partial charge in [0.25, 0.3) is 5.91 Å². The Hall–Kier alpha value is -2.87. The predicted molar refractivity (Wildman–Crippen MR) is 98.1 cm³/mol. The number of aryl methyl sites for hydroxylation is 1. The average Bonchev–Trinajstić information content (AvgIpc) is 3.13. The van der Waals surface area contributed by atoms with E-state index in [9.17, 15) is 9.59 Å². The zero-order chi connectivity index (χ0) is 18.6. The number of imidazole rings is 1. The number of carbonyl (C=O) groups is 2. The Bertz CT molecular complexity index is 1050. The fraction of sp³-hybridized carbons (Fsp3) is 0.278. The minimum absolute atomic E-state index is 0.0518. The van der Waals surface area contributed by atoms with E-state index in [2.05, 4.69) is 4.98 Å². The number of thiazole rings is 1. The summed E-state index contributed by atoms with van der Waals surface area (Å²) in [5, 5.41) is 10.9. The second-order valence-electron chi connectivity index (χ2n) is 6.30. The Kier molecular flexibility index (Phi) is 3.73. The Morgan fingerprint density at radius 3 is 2.92 bits per heavy atom. The zero-order valence-corrected chi connectivity index (χ0v) is 15.3. The molecule has 1 amide bonds. The van der Waals surface area contributed by atoms with E-state index >= 15 is 0 Å². The molecule has 134 valence electrons. The molecule has 1 unspecified atom stereocenters. The number of nitrogens with zero attached hydrogens (tertiary/aromatic N) is 3. The quantitative estimate of drug-likeness (QED) is 0.765. The lowest BCUT2D eigenvalue weighted by atomic mass is 10.1. The molecule has 0 saturated heterocycles. The van der Waals surface area contributed by atoms with Crippen molar-refractivity contribution >= 4 is 33.9 Å². The lowest BCUT2D eigenvalue weighted by Crippen LogP contribution is -2.41. The molecule has 1 aliphatic rings. The molecule has 4 rings (SSSR count). The summed E-state index contributed by atoms with van der Waals surface area (Å²) in [6.45, 7) is 3.65. The molecular weight excluding hydrogens is 354 g/mol. The van der Waals surface area contributed by atoms with Gasteiger partial charge in [-0.25, -0.2) is 4.98 Å². The molecule has 26 heavy (non-hydrogen) atoms. The molecule has 8 heteroatoms. The largest absolute Gasteiger partial charge is 0.481 e. The van der Waals surface area contributed by atoms with E-state index in [4.69, 9.17) is 9.84 Å². The molecule has 0 aliphatic carbocycles. The van der Waals surface area contributed by atoms with Gasteiger partial charge in [-0.1, -0.05) is 0 Å². The summed E-state index contributed by atoms with van der Waals surface area (Å²) in [5.41, 5.74) is 3.90. The van der Waals surface area contributed by atoms with Crippen molar-refractivity contribution in [3.8, 4) is 17.0 Å². The maximum atomic E-state index is 12.2. The number of rotatable bonds is 3. The smallest absolute Gasteiger partial charge is 0.309 e.